The largest absolute Gasteiger partial charge is 0.416 e. The molecule has 0 saturated heterocycles. The second-order valence-electron chi connectivity index (χ2n) is 8.22. The maximum atomic E-state index is 13.3. The van der Waals surface area contributed by atoms with Gasteiger partial charge in [0.2, 0.25) is 5.91 Å². The topological polar surface area (TPSA) is 55.2 Å². The molecular weight excluding hydrogens is 475 g/mol. The van der Waals surface area contributed by atoms with Crippen molar-refractivity contribution < 1.29 is 18.0 Å². The molecule has 0 bridgehead atoms. The van der Waals surface area contributed by atoms with Crippen LogP contribution in [-0.4, -0.2) is 32.7 Å². The predicted molar refractivity (Wildman–Crippen MR) is 129 cm³/mol. The molecule has 1 amide bonds. The number of carbonyl (C=O) groups excluding carboxylic acids is 1. The Morgan fingerprint density at radius 2 is 1.71 bits per heavy atom. The van der Waals surface area contributed by atoms with Crippen LogP contribution < -0.4 is 5.56 Å². The van der Waals surface area contributed by atoms with Crippen molar-refractivity contribution in [2.75, 3.05) is 12.3 Å². The fourth-order valence-corrected chi connectivity index (χ4v) is 5.10. The lowest BCUT2D eigenvalue weighted by Crippen LogP contribution is -2.37. The number of hydrogen-bond acceptors (Lipinski definition) is 4. The monoisotopic (exact) mass is 495 g/mol. The summed E-state index contributed by atoms with van der Waals surface area (Å²) >= 11 is 1.05. The van der Waals surface area contributed by atoms with Gasteiger partial charge in [-0.05, 0) is 47.9 Å². The van der Waals surface area contributed by atoms with E-state index in [2.05, 4.69) is 11.1 Å². The number of carbonyl (C=O) groups is 1. The third kappa shape index (κ3) is 4.68. The number of thioether (sulfide) groups is 1. The van der Waals surface area contributed by atoms with Crippen molar-refractivity contribution in [2.45, 2.75) is 24.3 Å². The zero-order valence-corrected chi connectivity index (χ0v) is 19.3. The Morgan fingerprint density at radius 3 is 2.51 bits per heavy atom. The molecule has 1 aromatic heterocycles. The van der Waals surface area contributed by atoms with Crippen LogP contribution in [0.5, 0.6) is 0 Å². The smallest absolute Gasteiger partial charge is 0.337 e. The molecule has 1 aliphatic heterocycles. The molecule has 0 saturated carbocycles. The molecule has 0 N–H and O–H groups in total. The average Bonchev–Trinajstić information content (AvgIpc) is 2.86. The molecule has 0 unspecified atom stereocenters. The van der Waals surface area contributed by atoms with Gasteiger partial charge in [0.25, 0.3) is 5.56 Å². The van der Waals surface area contributed by atoms with Crippen LogP contribution in [0.3, 0.4) is 0 Å². The lowest BCUT2D eigenvalue weighted by molar-refractivity contribution is -0.137. The van der Waals surface area contributed by atoms with E-state index < -0.39 is 17.3 Å². The maximum Gasteiger partial charge on any atom is 0.416 e. The Balaban J connectivity index is 1.48. The van der Waals surface area contributed by atoms with E-state index in [-0.39, 0.29) is 27.9 Å². The van der Waals surface area contributed by atoms with Gasteiger partial charge in [-0.1, -0.05) is 54.2 Å². The first-order valence-electron chi connectivity index (χ1n) is 11.0. The summed E-state index contributed by atoms with van der Waals surface area (Å²) in [4.78, 5) is 32.6. The molecule has 9 heteroatoms. The number of hydrogen-bond donors (Lipinski definition) is 0. The number of alkyl halides is 3. The quantitative estimate of drug-likeness (QED) is 0.293. The summed E-state index contributed by atoms with van der Waals surface area (Å²) in [6.45, 7) is 1.09. The first kappa shape index (κ1) is 23.2. The van der Waals surface area contributed by atoms with Gasteiger partial charge in [0, 0.05) is 13.1 Å². The van der Waals surface area contributed by atoms with E-state index >= 15 is 0 Å². The van der Waals surface area contributed by atoms with Gasteiger partial charge < -0.3 is 4.90 Å². The number of benzene rings is 3. The molecule has 0 spiro atoms. The average molecular weight is 496 g/mol. The normalized spacial score (nSPS) is 13.6. The SMILES string of the molecule is O=C(CSc1nc2ccccc2c(=O)n1-c1cccc(C(F)(F)F)c1)N1CCc2ccccc2C1. The molecule has 5 rings (SSSR count). The summed E-state index contributed by atoms with van der Waals surface area (Å²) in [7, 11) is 0. The first-order valence-corrected chi connectivity index (χ1v) is 12.0. The summed E-state index contributed by atoms with van der Waals surface area (Å²) in [6.07, 6.45) is -3.80. The van der Waals surface area contributed by atoms with Crippen LogP contribution in [0.15, 0.2) is 82.7 Å². The number of fused-ring (bicyclic) bond motifs is 2. The minimum Gasteiger partial charge on any atom is -0.337 e. The number of rotatable bonds is 4. The number of nitrogens with zero attached hydrogens (tertiary/aromatic N) is 3. The summed E-state index contributed by atoms with van der Waals surface area (Å²) in [5.41, 5.74) is 1.43. The molecule has 1 aliphatic rings. The van der Waals surface area contributed by atoms with Crippen LogP contribution in [0.25, 0.3) is 16.6 Å². The van der Waals surface area contributed by atoms with Crippen molar-refractivity contribution in [1.82, 2.24) is 14.5 Å². The molecule has 3 aromatic carbocycles. The lowest BCUT2D eigenvalue weighted by Gasteiger charge is -2.28. The van der Waals surface area contributed by atoms with E-state index in [1.807, 2.05) is 18.2 Å². The molecule has 4 aromatic rings. The Kier molecular flexibility index (Phi) is 6.10. The highest BCUT2D eigenvalue weighted by molar-refractivity contribution is 7.99. The predicted octanol–water partition coefficient (Wildman–Crippen LogP) is 5.08. The van der Waals surface area contributed by atoms with Gasteiger partial charge in [0.05, 0.1) is 27.9 Å². The lowest BCUT2D eigenvalue weighted by atomic mass is 10.00. The maximum absolute atomic E-state index is 13.3. The van der Waals surface area contributed by atoms with Crippen LogP contribution in [0.1, 0.15) is 16.7 Å². The third-order valence-corrected chi connectivity index (χ3v) is 6.91. The minimum atomic E-state index is -4.56. The summed E-state index contributed by atoms with van der Waals surface area (Å²) in [5, 5.41) is 0.451. The van der Waals surface area contributed by atoms with E-state index in [9.17, 15) is 22.8 Å². The molecule has 2 heterocycles. The van der Waals surface area contributed by atoms with Crippen LogP contribution >= 0.6 is 11.8 Å². The van der Waals surface area contributed by atoms with Crippen molar-refractivity contribution in [1.29, 1.82) is 0 Å². The number of halogens is 3. The summed E-state index contributed by atoms with van der Waals surface area (Å²) in [6, 6.07) is 19.2. The van der Waals surface area contributed by atoms with Crippen LogP contribution in [0, 0.1) is 0 Å². The Morgan fingerprint density at radius 1 is 0.971 bits per heavy atom. The second-order valence-corrected chi connectivity index (χ2v) is 9.17. The molecule has 0 fully saturated rings. The van der Waals surface area contributed by atoms with E-state index in [1.165, 1.54) is 17.7 Å². The zero-order valence-electron chi connectivity index (χ0n) is 18.5. The Hall–Kier alpha value is -3.59. The first-order chi connectivity index (χ1) is 16.8. The highest BCUT2D eigenvalue weighted by Gasteiger charge is 2.31. The number of amides is 1. The van der Waals surface area contributed by atoms with Crippen molar-refractivity contribution in [3.8, 4) is 5.69 Å². The molecule has 0 aliphatic carbocycles. The molecule has 35 heavy (non-hydrogen) atoms. The van der Waals surface area contributed by atoms with Gasteiger partial charge in [-0.15, -0.1) is 0 Å². The van der Waals surface area contributed by atoms with Crippen LogP contribution in [-0.2, 0) is 23.9 Å². The molecule has 0 radical (unpaired) electrons. The van der Waals surface area contributed by atoms with Gasteiger partial charge in [0.1, 0.15) is 0 Å². The highest BCUT2D eigenvalue weighted by Crippen LogP contribution is 2.31. The molecular formula is C26H20F3N3O2S. The van der Waals surface area contributed by atoms with E-state index in [1.54, 1.807) is 29.2 Å². The fourth-order valence-electron chi connectivity index (χ4n) is 4.18. The van der Waals surface area contributed by atoms with Crippen molar-refractivity contribution in [3.05, 3.63) is 99.8 Å². The van der Waals surface area contributed by atoms with E-state index in [0.717, 1.165) is 40.4 Å². The van der Waals surface area contributed by atoms with Gasteiger partial charge in [0.15, 0.2) is 5.16 Å². The van der Waals surface area contributed by atoms with Crippen LogP contribution in [0.2, 0.25) is 0 Å². The number of para-hydroxylation sites is 1. The van der Waals surface area contributed by atoms with E-state index in [0.29, 0.717) is 18.6 Å². The van der Waals surface area contributed by atoms with Crippen molar-refractivity contribution >= 4 is 28.6 Å². The van der Waals surface area contributed by atoms with Crippen LogP contribution in [0.4, 0.5) is 13.2 Å². The zero-order chi connectivity index (χ0) is 24.6. The fraction of sp³-hybridized carbons (Fsp3) is 0.192. The third-order valence-electron chi connectivity index (χ3n) is 5.98. The highest BCUT2D eigenvalue weighted by atomic mass is 32.2. The molecule has 0 atom stereocenters. The van der Waals surface area contributed by atoms with Gasteiger partial charge in [-0.2, -0.15) is 13.2 Å². The number of aromatic nitrogens is 2. The van der Waals surface area contributed by atoms with E-state index in [4.69, 9.17) is 0 Å². The minimum absolute atomic E-state index is 0.00586. The van der Waals surface area contributed by atoms with Gasteiger partial charge in [-0.3, -0.25) is 14.2 Å². The Labute approximate surface area is 203 Å². The van der Waals surface area contributed by atoms with Crippen molar-refractivity contribution in [2.24, 2.45) is 0 Å². The molecule has 5 nitrogen and oxygen atoms in total. The summed E-state index contributed by atoms with van der Waals surface area (Å²) in [5.74, 6) is -0.117. The van der Waals surface area contributed by atoms with Crippen molar-refractivity contribution in [3.63, 3.8) is 0 Å². The standard InChI is InChI=1S/C26H20F3N3O2S/c27-26(28,29)19-8-5-9-20(14-19)32-24(34)21-10-3-4-11-22(21)30-25(32)35-16-23(33)31-13-12-17-6-1-2-7-18(17)15-31/h1-11,14H,12-13,15-16H2. The summed E-state index contributed by atoms with van der Waals surface area (Å²) < 4.78 is 41.2. The van der Waals surface area contributed by atoms with Gasteiger partial charge in [-0.25, -0.2) is 4.98 Å². The Bertz CT molecular complexity index is 1480. The van der Waals surface area contributed by atoms with Gasteiger partial charge >= 0.3 is 6.18 Å². The molecule has 178 valence electrons. The second kappa shape index (κ2) is 9.22.